The van der Waals surface area contributed by atoms with E-state index >= 15 is 0 Å². The number of carbonyl (C=O) groups is 1. The number of nitrogens with one attached hydrogen (secondary N) is 1. The second-order valence-corrected chi connectivity index (χ2v) is 6.82. The molecule has 0 bridgehead atoms. The van der Waals surface area contributed by atoms with E-state index in [-0.39, 0.29) is 11.3 Å². The van der Waals surface area contributed by atoms with Crippen LogP contribution in [0.15, 0.2) is 6.20 Å². The summed E-state index contributed by atoms with van der Waals surface area (Å²) in [5.74, 6) is 0.542. The maximum atomic E-state index is 12.1. The lowest BCUT2D eigenvalue weighted by molar-refractivity contribution is -0.0978. The van der Waals surface area contributed by atoms with E-state index in [1.807, 2.05) is 4.68 Å². The number of amides is 1. The molecule has 116 valence electrons. The van der Waals surface area contributed by atoms with Crippen LogP contribution in [0.25, 0.3) is 0 Å². The maximum absolute atomic E-state index is 12.1. The van der Waals surface area contributed by atoms with E-state index in [0.717, 1.165) is 6.54 Å². The minimum Gasteiger partial charge on any atom is -0.380 e. The summed E-state index contributed by atoms with van der Waals surface area (Å²) in [6.45, 7) is 5.03. The Bertz CT molecular complexity index is 490. The molecule has 1 N–H and O–H groups in total. The molecule has 2 heterocycles. The van der Waals surface area contributed by atoms with Crippen LogP contribution in [0.4, 0.5) is 0 Å². The molecule has 1 aliphatic carbocycles. The zero-order chi connectivity index (χ0) is 14.7. The number of hydrogen-bond donors (Lipinski definition) is 1. The minimum atomic E-state index is -0.141. The first-order valence-electron chi connectivity index (χ1n) is 7.91. The Morgan fingerprint density at radius 3 is 2.86 bits per heavy atom. The summed E-state index contributed by atoms with van der Waals surface area (Å²) in [5, 5.41) is 11.0. The fourth-order valence-electron chi connectivity index (χ4n) is 3.06. The van der Waals surface area contributed by atoms with Gasteiger partial charge in [0, 0.05) is 18.5 Å². The summed E-state index contributed by atoms with van der Waals surface area (Å²) < 4.78 is 7.00. The molecule has 6 heteroatoms. The molecule has 1 saturated heterocycles. The highest BCUT2D eigenvalue weighted by Gasteiger charge is 2.33. The first kappa shape index (κ1) is 14.5. The largest absolute Gasteiger partial charge is 0.380 e. The van der Waals surface area contributed by atoms with Crippen molar-refractivity contribution >= 4 is 5.91 Å². The Labute approximate surface area is 125 Å². The van der Waals surface area contributed by atoms with Gasteiger partial charge in [-0.15, -0.1) is 5.10 Å². The van der Waals surface area contributed by atoms with E-state index in [0.29, 0.717) is 31.4 Å². The van der Waals surface area contributed by atoms with Crippen molar-refractivity contribution in [2.24, 2.45) is 11.3 Å². The third-order valence-corrected chi connectivity index (χ3v) is 4.52. The molecule has 1 amide bonds. The van der Waals surface area contributed by atoms with E-state index in [2.05, 4.69) is 22.6 Å². The third kappa shape index (κ3) is 3.61. The topological polar surface area (TPSA) is 69.0 Å². The van der Waals surface area contributed by atoms with Gasteiger partial charge in [0.15, 0.2) is 5.69 Å². The van der Waals surface area contributed by atoms with Gasteiger partial charge < -0.3 is 10.1 Å². The van der Waals surface area contributed by atoms with Crippen LogP contribution in [-0.4, -0.2) is 40.7 Å². The first-order chi connectivity index (χ1) is 10.1. The number of rotatable bonds is 5. The molecule has 0 aromatic carbocycles. The van der Waals surface area contributed by atoms with Crippen LogP contribution in [0.1, 0.15) is 49.5 Å². The van der Waals surface area contributed by atoms with Gasteiger partial charge in [-0.2, -0.15) is 0 Å². The summed E-state index contributed by atoms with van der Waals surface area (Å²) in [6, 6.07) is 0. The maximum Gasteiger partial charge on any atom is 0.273 e. The van der Waals surface area contributed by atoms with Gasteiger partial charge in [0.1, 0.15) is 0 Å². The molecule has 0 unspecified atom stereocenters. The molecule has 3 rings (SSSR count). The second kappa shape index (κ2) is 6.13. The number of hydrogen-bond acceptors (Lipinski definition) is 4. The van der Waals surface area contributed by atoms with Gasteiger partial charge in [0.05, 0.1) is 19.4 Å². The third-order valence-electron chi connectivity index (χ3n) is 4.52. The van der Waals surface area contributed by atoms with Crippen molar-refractivity contribution in [2.45, 2.75) is 45.6 Å². The van der Waals surface area contributed by atoms with E-state index in [1.54, 1.807) is 6.20 Å². The Balaban J connectivity index is 1.50. The van der Waals surface area contributed by atoms with E-state index in [1.165, 1.54) is 32.1 Å². The average molecular weight is 292 g/mol. The molecule has 6 nitrogen and oxygen atoms in total. The molecule has 21 heavy (non-hydrogen) atoms. The van der Waals surface area contributed by atoms with Crippen molar-refractivity contribution in [1.29, 1.82) is 0 Å². The lowest BCUT2D eigenvalue weighted by Crippen LogP contribution is -2.48. The smallest absolute Gasteiger partial charge is 0.273 e. The van der Waals surface area contributed by atoms with Crippen LogP contribution in [0, 0.1) is 11.3 Å². The van der Waals surface area contributed by atoms with Gasteiger partial charge in [0.25, 0.3) is 5.91 Å². The zero-order valence-electron chi connectivity index (χ0n) is 12.7. The van der Waals surface area contributed by atoms with Crippen molar-refractivity contribution in [3.8, 4) is 0 Å². The van der Waals surface area contributed by atoms with Gasteiger partial charge in [-0.05, 0) is 18.8 Å². The molecular formula is C15H24N4O2. The van der Waals surface area contributed by atoms with Gasteiger partial charge in [-0.1, -0.05) is 31.4 Å². The summed E-state index contributed by atoms with van der Waals surface area (Å²) in [6.07, 6.45) is 8.27. The van der Waals surface area contributed by atoms with Gasteiger partial charge >= 0.3 is 0 Å². The molecule has 0 radical (unpaired) electrons. The average Bonchev–Trinajstić information content (AvgIpc) is 2.92. The fourth-order valence-corrected chi connectivity index (χ4v) is 3.06. The monoisotopic (exact) mass is 292 g/mol. The van der Waals surface area contributed by atoms with Crippen LogP contribution in [-0.2, 0) is 11.3 Å². The summed E-state index contributed by atoms with van der Waals surface area (Å²) in [5.41, 5.74) is 0.489. The predicted molar refractivity (Wildman–Crippen MR) is 77.9 cm³/mol. The number of aromatic nitrogens is 3. The van der Waals surface area contributed by atoms with Crippen LogP contribution >= 0.6 is 0 Å². The predicted octanol–water partition coefficient (Wildman–Crippen LogP) is 1.62. The minimum absolute atomic E-state index is 0.0771. The molecule has 0 atom stereocenters. The standard InChI is InChI=1S/C15H24N4O2/c1-15(10-21-11-15)9-16-14(20)13-8-19(18-17-13)7-12-5-3-2-4-6-12/h8,12H,2-7,9-11H2,1H3,(H,16,20). The second-order valence-electron chi connectivity index (χ2n) is 6.82. The van der Waals surface area contributed by atoms with Crippen LogP contribution < -0.4 is 5.32 Å². The Morgan fingerprint density at radius 1 is 1.43 bits per heavy atom. The van der Waals surface area contributed by atoms with E-state index in [4.69, 9.17) is 4.74 Å². The SMILES string of the molecule is CC1(CNC(=O)c2cn(CC3CCCCC3)nn2)COC1. The molecule has 2 fully saturated rings. The lowest BCUT2D eigenvalue weighted by atomic mass is 9.89. The molecule has 0 spiro atoms. The molecule has 2 aliphatic rings. The van der Waals surface area contributed by atoms with Crippen molar-refractivity contribution in [2.75, 3.05) is 19.8 Å². The van der Waals surface area contributed by atoms with Crippen molar-refractivity contribution in [3.63, 3.8) is 0 Å². The highest BCUT2D eigenvalue weighted by Crippen LogP contribution is 2.25. The van der Waals surface area contributed by atoms with Gasteiger partial charge in [0.2, 0.25) is 0 Å². The van der Waals surface area contributed by atoms with Crippen molar-refractivity contribution in [3.05, 3.63) is 11.9 Å². The van der Waals surface area contributed by atoms with Gasteiger partial charge in [-0.3, -0.25) is 9.48 Å². The first-order valence-corrected chi connectivity index (χ1v) is 7.91. The van der Waals surface area contributed by atoms with Gasteiger partial charge in [-0.25, -0.2) is 0 Å². The lowest BCUT2D eigenvalue weighted by Gasteiger charge is -2.37. The number of carbonyl (C=O) groups excluding carboxylic acids is 1. The van der Waals surface area contributed by atoms with Crippen LogP contribution in [0.2, 0.25) is 0 Å². The Morgan fingerprint density at radius 2 is 2.19 bits per heavy atom. The normalized spacial score (nSPS) is 21.8. The highest BCUT2D eigenvalue weighted by atomic mass is 16.5. The molecule has 1 saturated carbocycles. The quantitative estimate of drug-likeness (QED) is 0.895. The summed E-state index contributed by atoms with van der Waals surface area (Å²) >= 11 is 0. The highest BCUT2D eigenvalue weighted by molar-refractivity contribution is 5.91. The zero-order valence-corrected chi connectivity index (χ0v) is 12.7. The molecule has 1 aromatic heterocycles. The summed E-state index contributed by atoms with van der Waals surface area (Å²) in [4.78, 5) is 12.1. The van der Waals surface area contributed by atoms with Crippen molar-refractivity contribution in [1.82, 2.24) is 20.3 Å². The van der Waals surface area contributed by atoms with Crippen LogP contribution in [0.3, 0.4) is 0 Å². The van der Waals surface area contributed by atoms with Crippen LogP contribution in [0.5, 0.6) is 0 Å². The molecule has 1 aliphatic heterocycles. The Kier molecular flexibility index (Phi) is 4.24. The summed E-state index contributed by atoms with van der Waals surface area (Å²) in [7, 11) is 0. The molecular weight excluding hydrogens is 268 g/mol. The van der Waals surface area contributed by atoms with E-state index in [9.17, 15) is 4.79 Å². The van der Waals surface area contributed by atoms with Crippen molar-refractivity contribution < 1.29 is 9.53 Å². The fraction of sp³-hybridized carbons (Fsp3) is 0.800. The number of nitrogens with zero attached hydrogens (tertiary/aromatic N) is 3. The Hall–Kier alpha value is -1.43. The molecule has 1 aromatic rings. The number of ether oxygens (including phenoxy) is 1. The van der Waals surface area contributed by atoms with E-state index < -0.39 is 0 Å².